The number of hydrogen-bond acceptors (Lipinski definition) is 4. The van der Waals surface area contributed by atoms with Crippen LogP contribution in [0.1, 0.15) is 34.5 Å². The Morgan fingerprint density at radius 1 is 1.24 bits per heavy atom. The molecule has 2 rings (SSSR count). The molecule has 0 radical (unpaired) electrons. The maximum atomic E-state index is 11.4. The summed E-state index contributed by atoms with van der Waals surface area (Å²) in [6.07, 6.45) is 0. The predicted octanol–water partition coefficient (Wildman–Crippen LogP) is 3.52. The van der Waals surface area contributed by atoms with Crippen LogP contribution < -0.4 is 5.32 Å². The van der Waals surface area contributed by atoms with Crippen LogP contribution in [0.25, 0.3) is 0 Å². The number of hydrogen-bond donors (Lipinski definition) is 1. The zero-order valence-electron chi connectivity index (χ0n) is 12.0. The van der Waals surface area contributed by atoms with Crippen LogP contribution in [0.15, 0.2) is 48.5 Å². The third-order valence-electron chi connectivity index (χ3n) is 3.20. The molecule has 1 N–H and O–H groups in total. The lowest BCUT2D eigenvalue weighted by molar-refractivity contribution is 0.0601. The minimum atomic E-state index is -0.351. The number of methoxy groups -OCH3 is 1. The number of nitrogens with one attached hydrogen (secondary N) is 1. The highest BCUT2D eigenvalue weighted by molar-refractivity contribution is 5.89. The first-order chi connectivity index (χ1) is 10.1. The zero-order chi connectivity index (χ0) is 15.2. The lowest BCUT2D eigenvalue weighted by Crippen LogP contribution is -2.07. The Kier molecular flexibility index (Phi) is 4.57. The molecule has 106 valence electrons. The summed E-state index contributed by atoms with van der Waals surface area (Å²) in [5, 5.41) is 12.3. The fourth-order valence-electron chi connectivity index (χ4n) is 2.03. The molecule has 4 heteroatoms. The first-order valence-corrected chi connectivity index (χ1v) is 6.59. The molecule has 0 amide bonds. The van der Waals surface area contributed by atoms with Crippen molar-refractivity contribution in [1.82, 2.24) is 0 Å². The number of nitrogens with zero attached hydrogens (tertiary/aromatic N) is 1. The molecule has 2 aromatic carbocycles. The predicted molar refractivity (Wildman–Crippen MR) is 81.0 cm³/mol. The summed E-state index contributed by atoms with van der Waals surface area (Å²) < 4.78 is 4.66. The standard InChI is InChI=1S/C17H16N2O2/c1-12(15-5-3-4-13(10-15)11-18)19-16-8-6-14(7-9-16)17(20)21-2/h3-10,12,19H,1-2H3. The van der Waals surface area contributed by atoms with Gasteiger partial charge < -0.3 is 10.1 Å². The van der Waals surface area contributed by atoms with E-state index < -0.39 is 0 Å². The Morgan fingerprint density at radius 2 is 1.95 bits per heavy atom. The lowest BCUT2D eigenvalue weighted by Gasteiger charge is -2.16. The number of carbonyl (C=O) groups excluding carboxylic acids is 1. The Morgan fingerprint density at radius 3 is 2.57 bits per heavy atom. The van der Waals surface area contributed by atoms with Gasteiger partial charge in [0.15, 0.2) is 0 Å². The van der Waals surface area contributed by atoms with Crippen LogP contribution in [0.4, 0.5) is 5.69 Å². The Balaban J connectivity index is 2.10. The van der Waals surface area contributed by atoms with E-state index in [1.54, 1.807) is 18.2 Å². The Labute approximate surface area is 124 Å². The fourth-order valence-corrected chi connectivity index (χ4v) is 2.03. The summed E-state index contributed by atoms with van der Waals surface area (Å²) in [7, 11) is 1.36. The second kappa shape index (κ2) is 6.58. The molecule has 0 aromatic heterocycles. The summed E-state index contributed by atoms with van der Waals surface area (Å²) >= 11 is 0. The number of nitriles is 1. The van der Waals surface area contributed by atoms with E-state index in [1.807, 2.05) is 37.3 Å². The fraction of sp³-hybridized carbons (Fsp3) is 0.176. The minimum Gasteiger partial charge on any atom is -0.465 e. The highest BCUT2D eigenvalue weighted by Crippen LogP contribution is 2.20. The van der Waals surface area contributed by atoms with Gasteiger partial charge in [0.1, 0.15) is 0 Å². The number of rotatable bonds is 4. The van der Waals surface area contributed by atoms with Crippen molar-refractivity contribution in [1.29, 1.82) is 5.26 Å². The largest absolute Gasteiger partial charge is 0.465 e. The van der Waals surface area contributed by atoms with E-state index in [4.69, 9.17) is 5.26 Å². The van der Waals surface area contributed by atoms with Crippen molar-refractivity contribution in [3.63, 3.8) is 0 Å². The van der Waals surface area contributed by atoms with Crippen LogP contribution >= 0.6 is 0 Å². The van der Waals surface area contributed by atoms with Crippen molar-refractivity contribution in [2.75, 3.05) is 12.4 Å². The quantitative estimate of drug-likeness (QED) is 0.870. The molecule has 0 saturated heterocycles. The van der Waals surface area contributed by atoms with Crippen molar-refractivity contribution in [3.05, 3.63) is 65.2 Å². The smallest absolute Gasteiger partial charge is 0.337 e. The highest BCUT2D eigenvalue weighted by Gasteiger charge is 2.08. The van der Waals surface area contributed by atoms with E-state index >= 15 is 0 Å². The lowest BCUT2D eigenvalue weighted by atomic mass is 10.1. The van der Waals surface area contributed by atoms with Gasteiger partial charge in [-0.3, -0.25) is 0 Å². The molecule has 0 spiro atoms. The van der Waals surface area contributed by atoms with Crippen molar-refractivity contribution in [3.8, 4) is 6.07 Å². The van der Waals surface area contributed by atoms with Crippen LogP contribution in [0.3, 0.4) is 0 Å². The normalized spacial score (nSPS) is 11.3. The molecule has 4 nitrogen and oxygen atoms in total. The number of esters is 1. The monoisotopic (exact) mass is 280 g/mol. The molecule has 21 heavy (non-hydrogen) atoms. The minimum absolute atomic E-state index is 0.0577. The molecule has 0 aliphatic heterocycles. The topological polar surface area (TPSA) is 62.1 Å². The summed E-state index contributed by atoms with van der Waals surface area (Å²) in [6, 6.07) is 16.8. The maximum absolute atomic E-state index is 11.4. The van der Waals surface area contributed by atoms with Gasteiger partial charge in [-0.25, -0.2) is 4.79 Å². The molecule has 0 bridgehead atoms. The molecular formula is C17H16N2O2. The van der Waals surface area contributed by atoms with Gasteiger partial charge >= 0.3 is 5.97 Å². The first kappa shape index (κ1) is 14.6. The molecule has 0 fully saturated rings. The summed E-state index contributed by atoms with van der Waals surface area (Å²) in [4.78, 5) is 11.4. The molecular weight excluding hydrogens is 264 g/mol. The second-order valence-electron chi connectivity index (χ2n) is 4.67. The van der Waals surface area contributed by atoms with E-state index in [0.29, 0.717) is 11.1 Å². The van der Waals surface area contributed by atoms with Crippen LogP contribution in [-0.2, 0) is 4.74 Å². The Hall–Kier alpha value is -2.80. The van der Waals surface area contributed by atoms with Gasteiger partial charge in [-0.05, 0) is 48.9 Å². The number of carbonyl (C=O) groups is 1. The molecule has 0 heterocycles. The van der Waals surface area contributed by atoms with Gasteiger partial charge in [0.25, 0.3) is 0 Å². The van der Waals surface area contributed by atoms with Crippen molar-refractivity contribution in [2.45, 2.75) is 13.0 Å². The third kappa shape index (κ3) is 3.61. The van der Waals surface area contributed by atoms with Gasteiger partial charge in [-0.2, -0.15) is 5.26 Å². The van der Waals surface area contributed by atoms with E-state index in [2.05, 4.69) is 16.1 Å². The highest BCUT2D eigenvalue weighted by atomic mass is 16.5. The van der Waals surface area contributed by atoms with Gasteiger partial charge in [0, 0.05) is 11.7 Å². The van der Waals surface area contributed by atoms with Crippen molar-refractivity contribution >= 4 is 11.7 Å². The van der Waals surface area contributed by atoms with Gasteiger partial charge in [-0.1, -0.05) is 12.1 Å². The van der Waals surface area contributed by atoms with Crippen LogP contribution in [0.5, 0.6) is 0 Å². The van der Waals surface area contributed by atoms with Crippen LogP contribution in [0.2, 0.25) is 0 Å². The van der Waals surface area contributed by atoms with Crippen molar-refractivity contribution in [2.24, 2.45) is 0 Å². The second-order valence-corrected chi connectivity index (χ2v) is 4.67. The van der Waals surface area contributed by atoms with Gasteiger partial charge in [0.2, 0.25) is 0 Å². The molecule has 2 aromatic rings. The van der Waals surface area contributed by atoms with Crippen LogP contribution in [-0.4, -0.2) is 13.1 Å². The average Bonchev–Trinajstić information content (AvgIpc) is 2.54. The summed E-state index contributed by atoms with van der Waals surface area (Å²) in [5.74, 6) is -0.351. The SMILES string of the molecule is COC(=O)c1ccc(NC(C)c2cccc(C#N)c2)cc1. The molecule has 1 atom stereocenters. The van der Waals surface area contributed by atoms with E-state index in [0.717, 1.165) is 11.3 Å². The number of ether oxygens (including phenoxy) is 1. The first-order valence-electron chi connectivity index (χ1n) is 6.59. The molecule has 1 unspecified atom stereocenters. The van der Waals surface area contributed by atoms with E-state index in [-0.39, 0.29) is 12.0 Å². The zero-order valence-corrected chi connectivity index (χ0v) is 12.0. The van der Waals surface area contributed by atoms with Gasteiger partial charge in [-0.15, -0.1) is 0 Å². The summed E-state index contributed by atoms with van der Waals surface area (Å²) in [6.45, 7) is 2.02. The molecule has 0 aliphatic rings. The maximum Gasteiger partial charge on any atom is 0.337 e. The Bertz CT molecular complexity index is 672. The number of anilines is 1. The van der Waals surface area contributed by atoms with Crippen LogP contribution in [0, 0.1) is 11.3 Å². The average molecular weight is 280 g/mol. The van der Waals surface area contributed by atoms with E-state index in [9.17, 15) is 4.79 Å². The third-order valence-corrected chi connectivity index (χ3v) is 3.20. The molecule has 0 aliphatic carbocycles. The molecule has 0 saturated carbocycles. The summed E-state index contributed by atoms with van der Waals surface area (Å²) in [5.41, 5.74) is 3.09. The van der Waals surface area contributed by atoms with Crippen molar-refractivity contribution < 1.29 is 9.53 Å². The van der Waals surface area contributed by atoms with Gasteiger partial charge in [0.05, 0.1) is 24.3 Å². The van der Waals surface area contributed by atoms with E-state index in [1.165, 1.54) is 7.11 Å². The number of benzene rings is 2.